The fourth-order valence-electron chi connectivity index (χ4n) is 4.03. The molecular formula is C22H27FN4O4. The number of hydrogen-bond acceptors (Lipinski definition) is 5. The first-order valence-corrected chi connectivity index (χ1v) is 10.4. The molecule has 2 aliphatic rings. The Bertz CT molecular complexity index is 1000. The fourth-order valence-corrected chi connectivity index (χ4v) is 4.03. The number of carbonyl (C=O) groups is 2. The van der Waals surface area contributed by atoms with Crippen molar-refractivity contribution in [1.29, 1.82) is 0 Å². The Morgan fingerprint density at radius 3 is 2.65 bits per heavy atom. The van der Waals surface area contributed by atoms with Crippen molar-refractivity contribution in [3.8, 4) is 11.1 Å². The van der Waals surface area contributed by atoms with Crippen molar-refractivity contribution in [2.24, 2.45) is 0 Å². The molecule has 4 rings (SSSR count). The van der Waals surface area contributed by atoms with E-state index in [4.69, 9.17) is 9.47 Å². The number of hydrogen-bond donors (Lipinski definition) is 0. The summed E-state index contributed by atoms with van der Waals surface area (Å²) in [6, 6.07) is 5.35. The zero-order valence-electron chi connectivity index (χ0n) is 18.2. The number of carbonyl (C=O) groups excluding carboxylic acids is 2. The van der Waals surface area contributed by atoms with Crippen LogP contribution in [0, 0.1) is 0 Å². The van der Waals surface area contributed by atoms with Gasteiger partial charge in [0.1, 0.15) is 0 Å². The monoisotopic (exact) mass is 430 g/mol. The Balaban J connectivity index is 1.69. The van der Waals surface area contributed by atoms with Crippen molar-refractivity contribution in [2.45, 2.75) is 52.1 Å². The van der Waals surface area contributed by atoms with Gasteiger partial charge in [-0.25, -0.2) is 9.18 Å². The number of ether oxygens (including phenoxy) is 2. The summed E-state index contributed by atoms with van der Waals surface area (Å²) in [5.41, 5.74) is 1.46. The molecule has 2 aliphatic heterocycles. The predicted molar refractivity (Wildman–Crippen MR) is 114 cm³/mol. The summed E-state index contributed by atoms with van der Waals surface area (Å²) in [6.45, 7) is 7.60. The normalized spacial score (nSPS) is 19.7. The lowest BCUT2D eigenvalue weighted by Gasteiger charge is -2.40. The minimum atomic E-state index is -1.38. The van der Waals surface area contributed by atoms with Gasteiger partial charge in [-0.2, -0.15) is 5.10 Å². The molecule has 8 nitrogen and oxygen atoms in total. The third kappa shape index (κ3) is 4.14. The van der Waals surface area contributed by atoms with Crippen LogP contribution in [0.5, 0.6) is 0 Å². The SMILES string of the molecule is CC(=O)N1c2ccc(-c3cnn(CC4(F)COC4)c3)cc2N(C(=O)OC(C)C)CC1C. The Labute approximate surface area is 180 Å². The van der Waals surface area contributed by atoms with E-state index in [1.54, 1.807) is 40.7 Å². The third-order valence-electron chi connectivity index (χ3n) is 5.44. The van der Waals surface area contributed by atoms with E-state index >= 15 is 0 Å². The molecule has 1 unspecified atom stereocenters. The van der Waals surface area contributed by atoms with Gasteiger partial charge in [-0.05, 0) is 38.5 Å². The second-order valence-corrected chi connectivity index (χ2v) is 8.55. The lowest BCUT2D eigenvalue weighted by Crippen LogP contribution is -2.51. The Kier molecular flexibility index (Phi) is 5.47. The van der Waals surface area contributed by atoms with Gasteiger partial charge in [-0.1, -0.05) is 6.07 Å². The van der Waals surface area contributed by atoms with Crippen LogP contribution in [0.3, 0.4) is 0 Å². The van der Waals surface area contributed by atoms with E-state index in [2.05, 4.69) is 5.10 Å². The summed E-state index contributed by atoms with van der Waals surface area (Å²) in [7, 11) is 0. The number of benzene rings is 1. The molecule has 0 bridgehead atoms. The molecular weight excluding hydrogens is 403 g/mol. The van der Waals surface area contributed by atoms with Crippen LogP contribution >= 0.6 is 0 Å². The molecule has 166 valence electrons. The number of nitrogens with zero attached hydrogens (tertiary/aromatic N) is 4. The quantitative estimate of drug-likeness (QED) is 0.743. The molecule has 1 saturated heterocycles. The number of anilines is 2. The van der Waals surface area contributed by atoms with Gasteiger partial charge in [-0.15, -0.1) is 0 Å². The van der Waals surface area contributed by atoms with Crippen molar-refractivity contribution >= 4 is 23.4 Å². The van der Waals surface area contributed by atoms with E-state index in [0.29, 0.717) is 17.9 Å². The van der Waals surface area contributed by atoms with Crippen LogP contribution in [0.25, 0.3) is 11.1 Å². The Morgan fingerprint density at radius 1 is 1.29 bits per heavy atom. The molecule has 1 aromatic carbocycles. The van der Waals surface area contributed by atoms with E-state index in [1.165, 1.54) is 6.92 Å². The highest BCUT2D eigenvalue weighted by molar-refractivity contribution is 6.03. The molecule has 1 fully saturated rings. The molecule has 0 N–H and O–H groups in total. The van der Waals surface area contributed by atoms with Crippen molar-refractivity contribution in [1.82, 2.24) is 9.78 Å². The molecule has 3 heterocycles. The average molecular weight is 430 g/mol. The van der Waals surface area contributed by atoms with Gasteiger partial charge < -0.3 is 14.4 Å². The Hall–Kier alpha value is -2.94. The summed E-state index contributed by atoms with van der Waals surface area (Å²) >= 11 is 0. The smallest absolute Gasteiger partial charge is 0.414 e. The average Bonchev–Trinajstić information content (AvgIpc) is 3.13. The van der Waals surface area contributed by atoms with Gasteiger partial charge in [0.2, 0.25) is 5.91 Å². The summed E-state index contributed by atoms with van der Waals surface area (Å²) in [4.78, 5) is 28.3. The highest BCUT2D eigenvalue weighted by Crippen LogP contribution is 2.39. The molecule has 31 heavy (non-hydrogen) atoms. The van der Waals surface area contributed by atoms with E-state index in [9.17, 15) is 14.0 Å². The molecule has 2 aromatic rings. The van der Waals surface area contributed by atoms with Crippen LogP contribution < -0.4 is 9.80 Å². The van der Waals surface area contributed by atoms with Crippen molar-refractivity contribution in [3.63, 3.8) is 0 Å². The largest absolute Gasteiger partial charge is 0.446 e. The van der Waals surface area contributed by atoms with Crippen molar-refractivity contribution < 1.29 is 23.5 Å². The maximum atomic E-state index is 14.3. The van der Waals surface area contributed by atoms with Crippen LogP contribution in [0.2, 0.25) is 0 Å². The van der Waals surface area contributed by atoms with Gasteiger partial charge in [-0.3, -0.25) is 14.4 Å². The molecule has 9 heteroatoms. The maximum Gasteiger partial charge on any atom is 0.414 e. The third-order valence-corrected chi connectivity index (χ3v) is 5.44. The number of alkyl halides is 1. The second kappa shape index (κ2) is 7.96. The number of fused-ring (bicyclic) bond motifs is 1. The van der Waals surface area contributed by atoms with Gasteiger partial charge in [0.05, 0.1) is 49.5 Å². The first-order chi connectivity index (χ1) is 14.7. The Morgan fingerprint density at radius 2 is 2.03 bits per heavy atom. The van der Waals surface area contributed by atoms with Gasteiger partial charge in [0.25, 0.3) is 0 Å². The van der Waals surface area contributed by atoms with Crippen LogP contribution in [0.1, 0.15) is 27.7 Å². The highest BCUT2D eigenvalue weighted by Gasteiger charge is 2.39. The van der Waals surface area contributed by atoms with E-state index in [-0.39, 0.29) is 37.8 Å². The molecule has 1 aromatic heterocycles. The molecule has 0 spiro atoms. The fraction of sp³-hybridized carbons (Fsp3) is 0.500. The summed E-state index contributed by atoms with van der Waals surface area (Å²) in [6.07, 6.45) is 2.72. The van der Waals surface area contributed by atoms with Crippen LogP contribution in [0.4, 0.5) is 20.6 Å². The molecule has 1 atom stereocenters. The van der Waals surface area contributed by atoms with E-state index in [0.717, 1.165) is 11.1 Å². The minimum absolute atomic E-state index is 0.0764. The first kappa shape index (κ1) is 21.3. The van der Waals surface area contributed by atoms with E-state index in [1.807, 2.05) is 25.1 Å². The van der Waals surface area contributed by atoms with E-state index < -0.39 is 11.8 Å². The number of rotatable bonds is 4. The minimum Gasteiger partial charge on any atom is -0.446 e. The number of halogens is 1. The zero-order valence-corrected chi connectivity index (χ0v) is 18.2. The molecule has 0 aliphatic carbocycles. The maximum absolute atomic E-state index is 14.3. The van der Waals surface area contributed by atoms with Crippen molar-refractivity contribution in [2.75, 3.05) is 29.6 Å². The number of aromatic nitrogens is 2. The van der Waals surface area contributed by atoms with Crippen LogP contribution in [0.15, 0.2) is 30.6 Å². The first-order valence-electron chi connectivity index (χ1n) is 10.4. The molecule has 2 amide bonds. The van der Waals surface area contributed by atoms with Crippen LogP contribution in [-0.4, -0.2) is 59.4 Å². The summed E-state index contributed by atoms with van der Waals surface area (Å²) in [5, 5.41) is 4.27. The number of amides is 2. The van der Waals surface area contributed by atoms with Gasteiger partial charge in [0, 0.05) is 25.2 Å². The topological polar surface area (TPSA) is 76.9 Å². The standard InChI is InChI=1S/C22H27FN4O4/c1-14(2)31-21(29)26-9-15(3)27(16(4)28)19-6-5-17(7-20(19)26)18-8-24-25(10-18)11-22(23)12-30-13-22/h5-8,10,14-15H,9,11-13H2,1-4H3. The van der Waals surface area contributed by atoms with Gasteiger partial charge in [0.15, 0.2) is 5.67 Å². The summed E-state index contributed by atoms with van der Waals surface area (Å²) < 4.78 is 26.3. The van der Waals surface area contributed by atoms with Gasteiger partial charge >= 0.3 is 6.09 Å². The second-order valence-electron chi connectivity index (χ2n) is 8.55. The predicted octanol–water partition coefficient (Wildman–Crippen LogP) is 3.40. The molecule has 0 radical (unpaired) electrons. The lowest BCUT2D eigenvalue weighted by molar-refractivity contribution is -0.138. The lowest BCUT2D eigenvalue weighted by atomic mass is 10.0. The highest BCUT2D eigenvalue weighted by atomic mass is 19.1. The van der Waals surface area contributed by atoms with Crippen LogP contribution in [-0.2, 0) is 20.8 Å². The summed E-state index contributed by atoms with van der Waals surface area (Å²) in [5.74, 6) is -0.0952. The molecule has 0 saturated carbocycles. The van der Waals surface area contributed by atoms with Crippen molar-refractivity contribution in [3.05, 3.63) is 30.6 Å². The zero-order chi connectivity index (χ0) is 22.3.